The minimum absolute atomic E-state index is 0.116. The smallest absolute Gasteiger partial charge is 0.231 e. The molecule has 0 aliphatic rings. The van der Waals surface area contributed by atoms with Gasteiger partial charge in [-0.15, -0.1) is 0 Å². The van der Waals surface area contributed by atoms with Gasteiger partial charge in [0.1, 0.15) is 5.52 Å². The van der Waals surface area contributed by atoms with Crippen LogP contribution in [0.25, 0.3) is 22.6 Å². The van der Waals surface area contributed by atoms with E-state index in [9.17, 15) is 4.79 Å². The molecule has 4 rings (SSSR count). The van der Waals surface area contributed by atoms with E-state index in [0.717, 1.165) is 11.1 Å². The van der Waals surface area contributed by atoms with Crippen molar-refractivity contribution >= 4 is 34.3 Å². The topological polar surface area (TPSA) is 68.0 Å². The zero-order valence-corrected chi connectivity index (χ0v) is 15.3. The molecule has 0 spiro atoms. The molecule has 0 bridgehead atoms. The van der Waals surface area contributed by atoms with Crippen LogP contribution in [0.3, 0.4) is 0 Å². The highest BCUT2D eigenvalue weighted by molar-refractivity contribution is 6.30. The van der Waals surface area contributed by atoms with Crippen molar-refractivity contribution in [1.82, 2.24) is 9.97 Å². The van der Waals surface area contributed by atoms with Gasteiger partial charge in [-0.3, -0.25) is 9.78 Å². The third kappa shape index (κ3) is 3.68. The molecular weight excluding hydrogens is 362 g/mol. The van der Waals surface area contributed by atoms with Crippen molar-refractivity contribution in [3.05, 3.63) is 77.6 Å². The van der Waals surface area contributed by atoms with E-state index < -0.39 is 0 Å². The van der Waals surface area contributed by atoms with E-state index in [4.69, 9.17) is 16.0 Å². The summed E-state index contributed by atoms with van der Waals surface area (Å²) in [7, 11) is 0. The average Bonchev–Trinajstić information content (AvgIpc) is 3.11. The van der Waals surface area contributed by atoms with E-state index in [1.54, 1.807) is 42.7 Å². The molecule has 4 aromatic rings. The van der Waals surface area contributed by atoms with E-state index in [2.05, 4.69) is 15.3 Å². The minimum atomic E-state index is -0.330. The number of pyridine rings is 1. The number of hydrogen-bond acceptors (Lipinski definition) is 4. The van der Waals surface area contributed by atoms with Gasteiger partial charge in [-0.2, -0.15) is 0 Å². The van der Waals surface area contributed by atoms with E-state index in [1.165, 1.54) is 0 Å². The second kappa shape index (κ2) is 7.21. The van der Waals surface area contributed by atoms with Gasteiger partial charge in [0.2, 0.25) is 11.8 Å². The number of nitrogens with zero attached hydrogens (tertiary/aromatic N) is 2. The first-order valence-corrected chi connectivity index (χ1v) is 8.85. The maximum atomic E-state index is 12.6. The number of anilines is 1. The summed E-state index contributed by atoms with van der Waals surface area (Å²) in [6.45, 7) is 1.84. The van der Waals surface area contributed by atoms with Crippen molar-refractivity contribution in [1.29, 1.82) is 0 Å². The molecule has 0 aliphatic carbocycles. The number of benzene rings is 2. The van der Waals surface area contributed by atoms with Crippen molar-refractivity contribution in [2.75, 3.05) is 5.32 Å². The second-order valence-electron chi connectivity index (χ2n) is 6.20. The molecule has 2 heterocycles. The fourth-order valence-electron chi connectivity index (χ4n) is 2.80. The molecule has 134 valence electrons. The summed E-state index contributed by atoms with van der Waals surface area (Å²) in [6.07, 6.45) is 3.38. The summed E-state index contributed by atoms with van der Waals surface area (Å²) in [5.41, 5.74) is 3.71. The summed E-state index contributed by atoms with van der Waals surface area (Å²) in [5, 5.41) is 3.54. The number of oxazole rings is 1. The Morgan fingerprint density at radius 2 is 1.93 bits per heavy atom. The Labute approximate surface area is 161 Å². The van der Waals surface area contributed by atoms with Crippen LogP contribution in [0.2, 0.25) is 5.02 Å². The zero-order chi connectivity index (χ0) is 18.8. The standard InChI is InChI=1S/C21H16ClN3O2/c1-13(15-3-2-4-16(22)11-15)20(26)24-17-5-6-19-18(12-17)25-21(27-19)14-7-9-23-10-8-14/h2-13H,1H3,(H,24,26). The van der Waals surface area contributed by atoms with Gasteiger partial charge < -0.3 is 9.73 Å². The Morgan fingerprint density at radius 3 is 2.70 bits per heavy atom. The third-order valence-corrected chi connectivity index (χ3v) is 4.56. The highest BCUT2D eigenvalue weighted by atomic mass is 35.5. The molecule has 0 saturated carbocycles. The van der Waals surface area contributed by atoms with Crippen LogP contribution in [0.1, 0.15) is 18.4 Å². The Hall–Kier alpha value is -3.18. The van der Waals surface area contributed by atoms with Gasteiger partial charge in [-0.1, -0.05) is 23.7 Å². The van der Waals surface area contributed by atoms with Crippen molar-refractivity contribution in [2.24, 2.45) is 0 Å². The van der Waals surface area contributed by atoms with Gasteiger partial charge >= 0.3 is 0 Å². The lowest BCUT2D eigenvalue weighted by Gasteiger charge is -2.12. The minimum Gasteiger partial charge on any atom is -0.436 e. The molecule has 0 saturated heterocycles. The highest BCUT2D eigenvalue weighted by Crippen LogP contribution is 2.27. The Kier molecular flexibility index (Phi) is 4.60. The maximum absolute atomic E-state index is 12.6. The van der Waals surface area contributed by atoms with Gasteiger partial charge in [0.25, 0.3) is 0 Å². The summed E-state index contributed by atoms with van der Waals surface area (Å²) in [6, 6.07) is 16.4. The lowest BCUT2D eigenvalue weighted by molar-refractivity contribution is -0.117. The molecule has 0 radical (unpaired) electrons. The summed E-state index contributed by atoms with van der Waals surface area (Å²) in [5.74, 6) is 0.0710. The Morgan fingerprint density at radius 1 is 1.11 bits per heavy atom. The summed E-state index contributed by atoms with van der Waals surface area (Å²) < 4.78 is 5.78. The molecule has 27 heavy (non-hydrogen) atoms. The number of rotatable bonds is 4. The fraction of sp³-hybridized carbons (Fsp3) is 0.0952. The monoisotopic (exact) mass is 377 g/mol. The van der Waals surface area contributed by atoms with Crippen LogP contribution in [0.4, 0.5) is 5.69 Å². The fourth-order valence-corrected chi connectivity index (χ4v) is 3.00. The van der Waals surface area contributed by atoms with Crippen molar-refractivity contribution in [3.8, 4) is 11.5 Å². The third-order valence-electron chi connectivity index (χ3n) is 4.32. The lowest BCUT2D eigenvalue weighted by atomic mass is 10.0. The Bertz CT molecular complexity index is 1110. The van der Waals surface area contributed by atoms with Gasteiger partial charge in [-0.25, -0.2) is 4.98 Å². The predicted octanol–water partition coefficient (Wildman–Crippen LogP) is 5.29. The largest absolute Gasteiger partial charge is 0.436 e. The van der Waals surface area contributed by atoms with Crippen molar-refractivity contribution in [3.63, 3.8) is 0 Å². The quantitative estimate of drug-likeness (QED) is 0.525. The number of carbonyl (C=O) groups is 1. The average molecular weight is 378 g/mol. The molecule has 2 aromatic carbocycles. The van der Waals surface area contributed by atoms with E-state index >= 15 is 0 Å². The van der Waals surface area contributed by atoms with E-state index in [0.29, 0.717) is 27.7 Å². The number of hydrogen-bond donors (Lipinski definition) is 1. The number of nitrogens with one attached hydrogen (secondary N) is 1. The van der Waals surface area contributed by atoms with Crippen LogP contribution < -0.4 is 5.32 Å². The first-order chi connectivity index (χ1) is 13.1. The molecular formula is C21H16ClN3O2. The summed E-state index contributed by atoms with van der Waals surface area (Å²) in [4.78, 5) is 21.1. The first kappa shape index (κ1) is 17.2. The molecule has 2 aromatic heterocycles. The maximum Gasteiger partial charge on any atom is 0.231 e. The highest BCUT2D eigenvalue weighted by Gasteiger charge is 2.16. The number of fused-ring (bicyclic) bond motifs is 1. The van der Waals surface area contributed by atoms with Crippen LogP contribution in [-0.4, -0.2) is 15.9 Å². The number of halogens is 1. The van der Waals surface area contributed by atoms with Gasteiger partial charge in [0, 0.05) is 28.7 Å². The molecule has 1 atom stereocenters. The molecule has 1 N–H and O–H groups in total. The number of aromatic nitrogens is 2. The first-order valence-electron chi connectivity index (χ1n) is 8.47. The zero-order valence-electron chi connectivity index (χ0n) is 14.5. The van der Waals surface area contributed by atoms with Crippen LogP contribution in [-0.2, 0) is 4.79 Å². The van der Waals surface area contributed by atoms with Gasteiger partial charge in [0.15, 0.2) is 5.58 Å². The number of amides is 1. The van der Waals surface area contributed by atoms with Crippen LogP contribution in [0.15, 0.2) is 71.4 Å². The van der Waals surface area contributed by atoms with Crippen molar-refractivity contribution in [2.45, 2.75) is 12.8 Å². The number of carbonyl (C=O) groups excluding carboxylic acids is 1. The second-order valence-corrected chi connectivity index (χ2v) is 6.64. The molecule has 0 aliphatic heterocycles. The van der Waals surface area contributed by atoms with Crippen LogP contribution in [0, 0.1) is 0 Å². The van der Waals surface area contributed by atoms with Gasteiger partial charge in [-0.05, 0) is 55.0 Å². The predicted molar refractivity (Wildman–Crippen MR) is 106 cm³/mol. The molecule has 0 fully saturated rings. The normalized spacial score (nSPS) is 12.1. The van der Waals surface area contributed by atoms with E-state index in [-0.39, 0.29) is 11.8 Å². The lowest BCUT2D eigenvalue weighted by Crippen LogP contribution is -2.18. The molecule has 1 unspecified atom stereocenters. The van der Waals surface area contributed by atoms with Crippen LogP contribution in [0.5, 0.6) is 0 Å². The molecule has 5 nitrogen and oxygen atoms in total. The Balaban J connectivity index is 1.56. The molecule has 6 heteroatoms. The van der Waals surface area contributed by atoms with Crippen molar-refractivity contribution < 1.29 is 9.21 Å². The molecule has 1 amide bonds. The van der Waals surface area contributed by atoms with Crippen LogP contribution >= 0.6 is 11.6 Å². The van der Waals surface area contributed by atoms with Gasteiger partial charge in [0.05, 0.1) is 5.92 Å². The summed E-state index contributed by atoms with van der Waals surface area (Å²) >= 11 is 6.02. The van der Waals surface area contributed by atoms with E-state index in [1.807, 2.05) is 31.2 Å². The SMILES string of the molecule is CC(C(=O)Nc1ccc2oc(-c3ccncc3)nc2c1)c1cccc(Cl)c1.